The molecule has 3 aromatic rings. The number of methoxy groups -OCH3 is 3. The first kappa shape index (κ1) is 17.3. The fourth-order valence-electron chi connectivity index (χ4n) is 2.70. The molecule has 3 N–H and O–H groups in total. The molecule has 0 radical (unpaired) electrons. The molecule has 3 rings (SSSR count). The van der Waals surface area contributed by atoms with Gasteiger partial charge in [0.05, 0.1) is 26.9 Å². The molecular formula is C18H16O8. The number of fused-ring (bicyclic) bond motifs is 1. The maximum Gasteiger partial charge on any atom is 0.239 e. The van der Waals surface area contributed by atoms with Crippen molar-refractivity contribution < 1.29 is 33.9 Å². The Kier molecular flexibility index (Phi) is 4.25. The third-order valence-corrected chi connectivity index (χ3v) is 3.92. The molecule has 0 saturated heterocycles. The molecule has 1 heterocycles. The zero-order chi connectivity index (χ0) is 19.0. The zero-order valence-electron chi connectivity index (χ0n) is 14.2. The first-order valence-electron chi connectivity index (χ1n) is 7.44. The molecule has 136 valence electrons. The van der Waals surface area contributed by atoms with Crippen molar-refractivity contribution in [1.29, 1.82) is 0 Å². The van der Waals surface area contributed by atoms with Gasteiger partial charge in [0.25, 0.3) is 0 Å². The van der Waals surface area contributed by atoms with Gasteiger partial charge in [-0.1, -0.05) is 6.07 Å². The van der Waals surface area contributed by atoms with E-state index in [1.165, 1.54) is 45.6 Å². The van der Waals surface area contributed by atoms with Crippen LogP contribution in [-0.2, 0) is 0 Å². The lowest BCUT2D eigenvalue weighted by Gasteiger charge is -2.14. The number of rotatable bonds is 4. The number of benzene rings is 2. The maximum absolute atomic E-state index is 12.9. The molecule has 0 amide bonds. The molecule has 2 aromatic carbocycles. The van der Waals surface area contributed by atoms with Crippen molar-refractivity contribution in [3.05, 3.63) is 34.5 Å². The van der Waals surface area contributed by atoms with Crippen molar-refractivity contribution in [3.8, 4) is 45.8 Å². The topological polar surface area (TPSA) is 119 Å². The van der Waals surface area contributed by atoms with Crippen molar-refractivity contribution in [2.45, 2.75) is 0 Å². The van der Waals surface area contributed by atoms with Crippen LogP contribution in [-0.4, -0.2) is 36.6 Å². The summed E-state index contributed by atoms with van der Waals surface area (Å²) in [5.74, 6) is -1.55. The Balaban J connectivity index is 2.47. The molecule has 0 unspecified atom stereocenters. The van der Waals surface area contributed by atoms with E-state index in [2.05, 4.69) is 0 Å². The van der Waals surface area contributed by atoms with E-state index in [9.17, 15) is 20.1 Å². The molecule has 8 nitrogen and oxygen atoms in total. The summed E-state index contributed by atoms with van der Waals surface area (Å²) in [6.07, 6.45) is 0. The highest BCUT2D eigenvalue weighted by atomic mass is 16.5. The molecular weight excluding hydrogens is 344 g/mol. The van der Waals surface area contributed by atoms with Crippen molar-refractivity contribution in [1.82, 2.24) is 0 Å². The molecule has 0 spiro atoms. The minimum Gasteiger partial charge on any atom is -0.504 e. The highest BCUT2D eigenvalue weighted by Gasteiger charge is 2.25. The number of para-hydroxylation sites is 1. The van der Waals surface area contributed by atoms with Crippen LogP contribution in [0, 0.1) is 0 Å². The van der Waals surface area contributed by atoms with Crippen LogP contribution < -0.4 is 19.6 Å². The summed E-state index contributed by atoms with van der Waals surface area (Å²) in [6, 6.07) is 5.57. The van der Waals surface area contributed by atoms with Crippen LogP contribution in [0.15, 0.2) is 33.5 Å². The van der Waals surface area contributed by atoms with Gasteiger partial charge in [0.2, 0.25) is 16.9 Å². The Labute approximate surface area is 147 Å². The quantitative estimate of drug-likeness (QED) is 0.608. The standard InChI is InChI=1S/C18H16O8/c1-23-11-7-10-12(14(21)17(11)24-2)15(22)18(25-3)16(26-10)8-5-4-6-9(19)13(8)20/h4-7,19-21H,1-3H3. The Morgan fingerprint density at radius 1 is 0.923 bits per heavy atom. The summed E-state index contributed by atoms with van der Waals surface area (Å²) < 4.78 is 21.1. The average Bonchev–Trinajstić information content (AvgIpc) is 2.63. The lowest BCUT2D eigenvalue weighted by molar-refractivity contribution is 0.334. The number of aromatic hydroxyl groups is 3. The second-order valence-corrected chi connectivity index (χ2v) is 5.30. The van der Waals surface area contributed by atoms with Gasteiger partial charge < -0.3 is 33.9 Å². The molecule has 0 atom stereocenters. The summed E-state index contributed by atoms with van der Waals surface area (Å²) in [5.41, 5.74) is -0.635. The monoisotopic (exact) mass is 360 g/mol. The Hall–Kier alpha value is -3.55. The third-order valence-electron chi connectivity index (χ3n) is 3.92. The van der Waals surface area contributed by atoms with Crippen molar-refractivity contribution in [3.63, 3.8) is 0 Å². The second kappa shape index (κ2) is 6.40. The van der Waals surface area contributed by atoms with Gasteiger partial charge in [-0.3, -0.25) is 4.79 Å². The fraction of sp³-hybridized carbons (Fsp3) is 0.167. The van der Waals surface area contributed by atoms with Crippen LogP contribution in [0.25, 0.3) is 22.3 Å². The molecule has 0 fully saturated rings. The highest BCUT2D eigenvalue weighted by Crippen LogP contribution is 2.45. The molecule has 0 saturated carbocycles. The predicted octanol–water partition coefficient (Wildman–Crippen LogP) is 2.60. The van der Waals surface area contributed by atoms with E-state index < -0.39 is 16.9 Å². The van der Waals surface area contributed by atoms with E-state index in [-0.39, 0.29) is 45.3 Å². The number of phenols is 3. The van der Waals surface area contributed by atoms with Crippen molar-refractivity contribution in [2.24, 2.45) is 0 Å². The normalized spacial score (nSPS) is 10.7. The van der Waals surface area contributed by atoms with E-state index in [1.54, 1.807) is 0 Å². The predicted molar refractivity (Wildman–Crippen MR) is 92.6 cm³/mol. The number of ether oxygens (including phenoxy) is 3. The first-order valence-corrected chi connectivity index (χ1v) is 7.44. The maximum atomic E-state index is 12.9. The lowest BCUT2D eigenvalue weighted by atomic mass is 10.1. The van der Waals surface area contributed by atoms with Crippen molar-refractivity contribution >= 4 is 11.0 Å². The van der Waals surface area contributed by atoms with Crippen LogP contribution in [0.2, 0.25) is 0 Å². The van der Waals surface area contributed by atoms with Crippen LogP contribution in [0.4, 0.5) is 0 Å². The molecule has 1 aromatic heterocycles. The van der Waals surface area contributed by atoms with Crippen LogP contribution >= 0.6 is 0 Å². The van der Waals surface area contributed by atoms with E-state index >= 15 is 0 Å². The minimum atomic E-state index is -0.676. The summed E-state index contributed by atoms with van der Waals surface area (Å²) in [7, 11) is 3.94. The van der Waals surface area contributed by atoms with Crippen LogP contribution in [0.3, 0.4) is 0 Å². The molecule has 0 bridgehead atoms. The summed E-state index contributed by atoms with van der Waals surface area (Å²) >= 11 is 0. The van der Waals surface area contributed by atoms with Crippen LogP contribution in [0.5, 0.6) is 34.5 Å². The van der Waals surface area contributed by atoms with Gasteiger partial charge in [0.15, 0.2) is 28.8 Å². The largest absolute Gasteiger partial charge is 0.504 e. The third kappa shape index (κ3) is 2.43. The number of hydrogen-bond acceptors (Lipinski definition) is 8. The van der Waals surface area contributed by atoms with Gasteiger partial charge in [0.1, 0.15) is 11.0 Å². The SMILES string of the molecule is COc1cc2oc(-c3cccc(O)c3O)c(OC)c(=O)c2c(O)c1OC. The van der Waals surface area contributed by atoms with Gasteiger partial charge in [0, 0.05) is 6.07 Å². The minimum absolute atomic E-state index is 0.0105. The molecule has 0 aliphatic heterocycles. The van der Waals surface area contributed by atoms with E-state index in [1.807, 2.05) is 0 Å². The first-order chi connectivity index (χ1) is 12.4. The summed E-state index contributed by atoms with van der Waals surface area (Å²) in [5, 5.41) is 30.1. The average molecular weight is 360 g/mol. The lowest BCUT2D eigenvalue weighted by Crippen LogP contribution is -2.08. The van der Waals surface area contributed by atoms with E-state index in [4.69, 9.17) is 18.6 Å². The van der Waals surface area contributed by atoms with Gasteiger partial charge in [-0.05, 0) is 12.1 Å². The van der Waals surface area contributed by atoms with Gasteiger partial charge >= 0.3 is 0 Å². The van der Waals surface area contributed by atoms with Crippen molar-refractivity contribution in [2.75, 3.05) is 21.3 Å². The summed E-state index contributed by atoms with van der Waals surface area (Å²) in [4.78, 5) is 12.9. The van der Waals surface area contributed by atoms with Gasteiger partial charge in [-0.2, -0.15) is 0 Å². The molecule has 26 heavy (non-hydrogen) atoms. The van der Waals surface area contributed by atoms with Crippen LogP contribution in [0.1, 0.15) is 0 Å². The number of phenolic OH excluding ortho intramolecular Hbond substituents is 3. The zero-order valence-corrected chi connectivity index (χ0v) is 14.2. The van der Waals surface area contributed by atoms with Gasteiger partial charge in [-0.25, -0.2) is 0 Å². The summed E-state index contributed by atoms with van der Waals surface area (Å²) in [6.45, 7) is 0. The van der Waals surface area contributed by atoms with Gasteiger partial charge in [-0.15, -0.1) is 0 Å². The second-order valence-electron chi connectivity index (χ2n) is 5.30. The van der Waals surface area contributed by atoms with E-state index in [0.29, 0.717) is 0 Å². The Morgan fingerprint density at radius 3 is 2.23 bits per heavy atom. The Bertz CT molecular complexity index is 1050. The highest BCUT2D eigenvalue weighted by molar-refractivity contribution is 5.92. The fourth-order valence-corrected chi connectivity index (χ4v) is 2.70. The molecule has 0 aliphatic rings. The van der Waals surface area contributed by atoms with E-state index in [0.717, 1.165) is 0 Å². The Morgan fingerprint density at radius 2 is 1.62 bits per heavy atom. The number of hydrogen-bond donors (Lipinski definition) is 3. The molecule has 0 aliphatic carbocycles. The smallest absolute Gasteiger partial charge is 0.239 e. The molecule has 8 heteroatoms.